The van der Waals surface area contributed by atoms with E-state index in [1.165, 1.54) is 0 Å². The molecule has 0 saturated carbocycles. The highest BCUT2D eigenvalue weighted by Gasteiger charge is 2.39. The molecule has 0 aliphatic carbocycles. The monoisotopic (exact) mass is 324 g/mol. The molecule has 1 heterocycles. The second-order valence-electron chi connectivity index (χ2n) is 6.49. The molecular formula is C15H21BrN2O. The Kier molecular flexibility index (Phi) is 3.76. The molecule has 0 aromatic heterocycles. The molecule has 0 atom stereocenters. The summed E-state index contributed by atoms with van der Waals surface area (Å²) in [5.74, 6) is 0.170. The fraction of sp³-hybridized carbons (Fsp3) is 0.533. The molecule has 104 valence electrons. The van der Waals surface area contributed by atoms with Gasteiger partial charge < -0.3 is 10.2 Å². The van der Waals surface area contributed by atoms with Crippen LogP contribution in [0.5, 0.6) is 0 Å². The van der Waals surface area contributed by atoms with E-state index in [-0.39, 0.29) is 11.4 Å². The number of halogens is 1. The Balaban J connectivity index is 2.43. The Bertz CT molecular complexity index is 497. The van der Waals surface area contributed by atoms with E-state index in [0.29, 0.717) is 13.1 Å². The van der Waals surface area contributed by atoms with Crippen molar-refractivity contribution in [2.45, 2.75) is 33.2 Å². The summed E-state index contributed by atoms with van der Waals surface area (Å²) < 4.78 is 0.991. The van der Waals surface area contributed by atoms with Crippen LogP contribution in [0.15, 0.2) is 28.7 Å². The number of hydrogen-bond acceptors (Lipinski definition) is 2. The zero-order valence-electron chi connectivity index (χ0n) is 12.0. The number of benzene rings is 1. The van der Waals surface area contributed by atoms with Gasteiger partial charge in [0.25, 0.3) is 0 Å². The SMILES string of the molecule is CC1(C)CN(c2cccc(Br)c2)C(=O)C(C)(C)CN1. The summed E-state index contributed by atoms with van der Waals surface area (Å²) in [7, 11) is 0. The summed E-state index contributed by atoms with van der Waals surface area (Å²) in [6.45, 7) is 9.62. The maximum atomic E-state index is 12.7. The standard InChI is InChI=1S/C15H21BrN2O/c1-14(2)9-17-15(3,4)10-18(13(14)19)12-7-5-6-11(16)8-12/h5-8,17H,9-10H2,1-4H3. The maximum absolute atomic E-state index is 12.7. The van der Waals surface area contributed by atoms with E-state index in [1.807, 2.05) is 43.0 Å². The molecule has 0 spiro atoms. The third-order valence-corrected chi connectivity index (χ3v) is 4.00. The Morgan fingerprint density at radius 2 is 1.95 bits per heavy atom. The van der Waals surface area contributed by atoms with Gasteiger partial charge in [-0.3, -0.25) is 4.79 Å². The quantitative estimate of drug-likeness (QED) is 0.860. The number of carbonyl (C=O) groups excluding carboxylic acids is 1. The smallest absolute Gasteiger partial charge is 0.233 e. The summed E-state index contributed by atoms with van der Waals surface area (Å²) in [6.07, 6.45) is 0. The van der Waals surface area contributed by atoms with Crippen LogP contribution in [0.3, 0.4) is 0 Å². The maximum Gasteiger partial charge on any atom is 0.233 e. The Morgan fingerprint density at radius 1 is 1.26 bits per heavy atom. The van der Waals surface area contributed by atoms with Crippen molar-refractivity contribution >= 4 is 27.5 Å². The van der Waals surface area contributed by atoms with Gasteiger partial charge in [-0.25, -0.2) is 0 Å². The van der Waals surface area contributed by atoms with Crippen LogP contribution >= 0.6 is 15.9 Å². The van der Waals surface area contributed by atoms with Crippen molar-refractivity contribution in [2.24, 2.45) is 5.41 Å². The van der Waals surface area contributed by atoms with Crippen molar-refractivity contribution in [2.75, 3.05) is 18.0 Å². The largest absolute Gasteiger partial charge is 0.310 e. The highest BCUT2D eigenvalue weighted by atomic mass is 79.9. The third kappa shape index (κ3) is 3.18. The minimum atomic E-state index is -0.393. The second-order valence-corrected chi connectivity index (χ2v) is 7.41. The fourth-order valence-corrected chi connectivity index (χ4v) is 2.66. The van der Waals surface area contributed by atoms with Gasteiger partial charge >= 0.3 is 0 Å². The third-order valence-electron chi connectivity index (χ3n) is 3.51. The van der Waals surface area contributed by atoms with Crippen LogP contribution in [0.4, 0.5) is 5.69 Å². The van der Waals surface area contributed by atoms with Gasteiger partial charge in [-0.15, -0.1) is 0 Å². The molecule has 1 saturated heterocycles. The number of amides is 1. The first-order valence-electron chi connectivity index (χ1n) is 6.54. The van der Waals surface area contributed by atoms with Crippen molar-refractivity contribution < 1.29 is 4.79 Å². The first-order chi connectivity index (χ1) is 8.71. The van der Waals surface area contributed by atoms with E-state index in [1.54, 1.807) is 0 Å². The van der Waals surface area contributed by atoms with Crippen molar-refractivity contribution in [3.05, 3.63) is 28.7 Å². The lowest BCUT2D eigenvalue weighted by Gasteiger charge is -2.31. The molecule has 2 rings (SSSR count). The molecule has 0 radical (unpaired) electrons. The van der Waals surface area contributed by atoms with Gasteiger partial charge in [-0.05, 0) is 45.9 Å². The van der Waals surface area contributed by atoms with E-state index >= 15 is 0 Å². The lowest BCUT2D eigenvalue weighted by Crippen LogP contribution is -2.47. The van der Waals surface area contributed by atoms with Crippen LogP contribution in [0.25, 0.3) is 0 Å². The lowest BCUT2D eigenvalue weighted by atomic mass is 9.91. The molecular weight excluding hydrogens is 304 g/mol. The topological polar surface area (TPSA) is 32.3 Å². The molecule has 1 aliphatic rings. The molecule has 1 aromatic carbocycles. The molecule has 1 aromatic rings. The number of carbonyl (C=O) groups is 1. The van der Waals surface area contributed by atoms with E-state index in [2.05, 4.69) is 35.1 Å². The number of nitrogens with one attached hydrogen (secondary N) is 1. The van der Waals surface area contributed by atoms with E-state index in [4.69, 9.17) is 0 Å². The van der Waals surface area contributed by atoms with Crippen molar-refractivity contribution in [3.63, 3.8) is 0 Å². The van der Waals surface area contributed by atoms with Crippen LogP contribution in [0.1, 0.15) is 27.7 Å². The number of nitrogens with zero attached hydrogens (tertiary/aromatic N) is 1. The van der Waals surface area contributed by atoms with Gasteiger partial charge in [0.15, 0.2) is 0 Å². The predicted octanol–water partition coefficient (Wildman–Crippen LogP) is 3.19. The number of anilines is 1. The first-order valence-corrected chi connectivity index (χ1v) is 7.33. The molecule has 1 aliphatic heterocycles. The van der Waals surface area contributed by atoms with Crippen LogP contribution in [-0.2, 0) is 4.79 Å². The molecule has 0 bridgehead atoms. The summed E-state index contributed by atoms with van der Waals surface area (Å²) in [5.41, 5.74) is 0.464. The van der Waals surface area contributed by atoms with Gasteiger partial charge in [0.2, 0.25) is 5.91 Å². The summed E-state index contributed by atoms with van der Waals surface area (Å²) in [4.78, 5) is 14.6. The molecule has 1 N–H and O–H groups in total. The molecule has 4 heteroatoms. The zero-order chi connectivity index (χ0) is 14.3. The van der Waals surface area contributed by atoms with Gasteiger partial charge in [0, 0.05) is 28.8 Å². The van der Waals surface area contributed by atoms with E-state index in [9.17, 15) is 4.79 Å². The predicted molar refractivity (Wildman–Crippen MR) is 82.4 cm³/mol. The van der Waals surface area contributed by atoms with Crippen LogP contribution in [-0.4, -0.2) is 24.5 Å². The summed E-state index contributed by atoms with van der Waals surface area (Å²) in [5, 5.41) is 3.48. The van der Waals surface area contributed by atoms with Crippen LogP contribution in [0.2, 0.25) is 0 Å². The minimum Gasteiger partial charge on any atom is -0.310 e. The highest BCUT2D eigenvalue weighted by Crippen LogP contribution is 2.30. The minimum absolute atomic E-state index is 0.0915. The van der Waals surface area contributed by atoms with E-state index in [0.717, 1.165) is 10.2 Å². The normalized spacial score (nSPS) is 22.2. The molecule has 1 fully saturated rings. The van der Waals surface area contributed by atoms with Crippen LogP contribution in [0, 0.1) is 5.41 Å². The molecule has 3 nitrogen and oxygen atoms in total. The summed E-state index contributed by atoms with van der Waals surface area (Å²) in [6, 6.07) is 7.92. The van der Waals surface area contributed by atoms with Crippen molar-refractivity contribution in [3.8, 4) is 0 Å². The van der Waals surface area contributed by atoms with Crippen LogP contribution < -0.4 is 10.2 Å². The molecule has 19 heavy (non-hydrogen) atoms. The Labute approximate surface area is 123 Å². The highest BCUT2D eigenvalue weighted by molar-refractivity contribution is 9.10. The summed E-state index contributed by atoms with van der Waals surface area (Å²) >= 11 is 3.47. The van der Waals surface area contributed by atoms with E-state index < -0.39 is 5.41 Å². The molecule has 0 unspecified atom stereocenters. The Hall–Kier alpha value is -0.870. The lowest BCUT2D eigenvalue weighted by molar-refractivity contribution is -0.125. The van der Waals surface area contributed by atoms with Crippen molar-refractivity contribution in [1.82, 2.24) is 5.32 Å². The second kappa shape index (κ2) is 4.91. The number of rotatable bonds is 1. The fourth-order valence-electron chi connectivity index (χ4n) is 2.28. The van der Waals surface area contributed by atoms with Gasteiger partial charge in [-0.1, -0.05) is 22.0 Å². The zero-order valence-corrected chi connectivity index (χ0v) is 13.5. The average Bonchev–Trinajstić information content (AvgIpc) is 2.40. The average molecular weight is 325 g/mol. The Morgan fingerprint density at radius 3 is 2.58 bits per heavy atom. The first kappa shape index (κ1) is 14.5. The van der Waals surface area contributed by atoms with Crippen molar-refractivity contribution in [1.29, 1.82) is 0 Å². The molecule has 1 amide bonds. The van der Waals surface area contributed by atoms with Gasteiger partial charge in [0.1, 0.15) is 0 Å². The van der Waals surface area contributed by atoms with Gasteiger partial charge in [0.05, 0.1) is 5.41 Å². The number of hydrogen-bond donors (Lipinski definition) is 1. The van der Waals surface area contributed by atoms with Gasteiger partial charge in [-0.2, -0.15) is 0 Å².